The maximum Gasteiger partial charge on any atom is 0.379 e. The summed E-state index contributed by atoms with van der Waals surface area (Å²) in [7, 11) is 0. The molecule has 3 aromatic rings. The summed E-state index contributed by atoms with van der Waals surface area (Å²) in [5.41, 5.74) is 0.217. The SMILES string of the molecule is O=C(CN(C(=O)c1ccc(Cl)c(Cl)c1)N1C(=O)[C@@H]2[C@H]3C[C@@H]([C@H](Br)[C@H]3Br)[C@@H]2C1=O)c1ccc(OC(=O)c2ccco2)cc1. The molecule has 42 heavy (non-hydrogen) atoms. The van der Waals surface area contributed by atoms with Crippen molar-refractivity contribution in [2.24, 2.45) is 23.7 Å². The number of Topliss-reactive ketones (excluding diaryl/α,β-unsaturated/α-hetero) is 1. The lowest BCUT2D eigenvalue weighted by atomic mass is 9.81. The number of amides is 3. The molecule has 9 nitrogen and oxygen atoms in total. The van der Waals surface area contributed by atoms with E-state index in [1.54, 1.807) is 6.07 Å². The fourth-order valence-electron chi connectivity index (χ4n) is 6.07. The average Bonchev–Trinajstić information content (AvgIpc) is 3.75. The lowest BCUT2D eigenvalue weighted by molar-refractivity contribution is -0.154. The summed E-state index contributed by atoms with van der Waals surface area (Å²) in [6, 6.07) is 12.8. The van der Waals surface area contributed by atoms with Crippen LogP contribution >= 0.6 is 55.1 Å². The normalized spacial score (nSPS) is 26.0. The summed E-state index contributed by atoms with van der Waals surface area (Å²) < 4.78 is 10.3. The molecule has 216 valence electrons. The Labute approximate surface area is 266 Å². The van der Waals surface area contributed by atoms with Crippen LogP contribution in [0.3, 0.4) is 0 Å². The molecule has 6 rings (SSSR count). The second-order valence-electron chi connectivity index (χ2n) is 10.3. The Hall–Kier alpha value is -2.99. The van der Waals surface area contributed by atoms with E-state index < -0.39 is 47.9 Å². The van der Waals surface area contributed by atoms with E-state index in [2.05, 4.69) is 31.9 Å². The third-order valence-electron chi connectivity index (χ3n) is 8.01. The Balaban J connectivity index is 1.28. The van der Waals surface area contributed by atoms with Crippen molar-refractivity contribution in [3.8, 4) is 5.75 Å². The fraction of sp³-hybridized carbons (Fsp3) is 0.276. The zero-order valence-electron chi connectivity index (χ0n) is 21.4. The molecular weight excluding hydrogens is 719 g/mol. The van der Waals surface area contributed by atoms with E-state index in [1.165, 1.54) is 54.8 Å². The van der Waals surface area contributed by atoms with Gasteiger partial charge in [-0.15, -0.1) is 0 Å². The summed E-state index contributed by atoms with van der Waals surface area (Å²) in [6.07, 6.45) is 2.05. The van der Waals surface area contributed by atoms with E-state index in [1.807, 2.05) is 0 Å². The number of furan rings is 1. The summed E-state index contributed by atoms with van der Waals surface area (Å²) in [5.74, 6) is -4.22. The number of hydrogen-bond acceptors (Lipinski definition) is 7. The molecular formula is C29H20Br2Cl2N2O7. The first-order chi connectivity index (χ1) is 20.1. The number of carbonyl (C=O) groups is 5. The number of ketones is 1. The van der Waals surface area contributed by atoms with Crippen LogP contribution in [0.5, 0.6) is 5.75 Å². The molecule has 3 aliphatic rings. The first-order valence-corrected chi connectivity index (χ1v) is 15.5. The standard InChI is InChI=1S/C29H20Br2Cl2N2O7/c30-24-16-11-17(25(24)31)23-22(16)27(38)35(28(23)39)34(26(37)14-5-8-18(32)19(33)10-14)12-20(36)13-3-6-15(7-4-13)42-29(40)21-2-1-9-41-21/h1-10,16-17,22-25H,11-12H2/t16-,17-,22-,23+,24+,25+/m1/s1. The van der Waals surface area contributed by atoms with Gasteiger partial charge in [0.15, 0.2) is 5.78 Å². The monoisotopic (exact) mass is 736 g/mol. The number of imide groups is 1. The first-order valence-electron chi connectivity index (χ1n) is 12.9. The maximum absolute atomic E-state index is 13.8. The Morgan fingerprint density at radius 1 is 0.905 bits per heavy atom. The summed E-state index contributed by atoms with van der Waals surface area (Å²) in [4.78, 5) is 67.0. The van der Waals surface area contributed by atoms with Gasteiger partial charge >= 0.3 is 5.97 Å². The summed E-state index contributed by atoms with van der Waals surface area (Å²) in [6.45, 7) is -0.605. The minimum Gasteiger partial charge on any atom is -0.457 e. The van der Waals surface area contributed by atoms with Gasteiger partial charge in [0.05, 0.1) is 28.1 Å². The highest BCUT2D eigenvalue weighted by molar-refractivity contribution is 9.12. The van der Waals surface area contributed by atoms with Gasteiger partial charge in [-0.1, -0.05) is 55.1 Å². The number of hydrazine groups is 1. The number of hydrogen-bond donors (Lipinski definition) is 0. The van der Waals surface area contributed by atoms with E-state index in [0.29, 0.717) is 6.42 Å². The highest BCUT2D eigenvalue weighted by Crippen LogP contribution is 2.60. The van der Waals surface area contributed by atoms with Gasteiger partial charge in [0.25, 0.3) is 17.7 Å². The number of fused-ring (bicyclic) bond motifs is 5. The quantitative estimate of drug-likeness (QED) is 0.0987. The zero-order chi connectivity index (χ0) is 29.9. The second-order valence-corrected chi connectivity index (χ2v) is 13.2. The lowest BCUT2D eigenvalue weighted by Gasteiger charge is -2.31. The number of alkyl halides is 2. The van der Waals surface area contributed by atoms with Crippen molar-refractivity contribution >= 4 is 84.5 Å². The molecule has 0 spiro atoms. The largest absolute Gasteiger partial charge is 0.457 e. The molecule has 6 atom stereocenters. The van der Waals surface area contributed by atoms with Crippen LogP contribution in [0, 0.1) is 23.7 Å². The molecule has 2 saturated carbocycles. The van der Waals surface area contributed by atoms with Gasteiger partial charge in [-0.25, -0.2) is 9.80 Å². The van der Waals surface area contributed by atoms with Crippen molar-refractivity contribution in [3.05, 3.63) is 87.8 Å². The number of ether oxygens (including phenoxy) is 1. The molecule has 1 saturated heterocycles. The number of halogens is 4. The molecule has 1 aliphatic heterocycles. The van der Waals surface area contributed by atoms with Crippen LogP contribution < -0.4 is 4.74 Å². The fourth-order valence-corrected chi connectivity index (χ4v) is 8.24. The van der Waals surface area contributed by atoms with Crippen molar-refractivity contribution in [3.63, 3.8) is 0 Å². The Morgan fingerprint density at radius 3 is 2.10 bits per heavy atom. The Bertz CT molecular complexity index is 1580. The van der Waals surface area contributed by atoms with Gasteiger partial charge in [-0.05, 0) is 72.9 Å². The van der Waals surface area contributed by atoms with Crippen LogP contribution in [0.1, 0.15) is 37.7 Å². The molecule has 3 fully saturated rings. The molecule has 3 amide bonds. The number of carbonyl (C=O) groups excluding carboxylic acids is 5. The molecule has 0 radical (unpaired) electrons. The Morgan fingerprint density at radius 2 is 1.52 bits per heavy atom. The summed E-state index contributed by atoms with van der Waals surface area (Å²) in [5, 5.41) is 2.05. The van der Waals surface area contributed by atoms with Gasteiger partial charge in [-0.2, -0.15) is 5.01 Å². The molecule has 0 unspecified atom stereocenters. The van der Waals surface area contributed by atoms with Crippen LogP contribution in [0.25, 0.3) is 0 Å². The third kappa shape index (κ3) is 4.90. The van der Waals surface area contributed by atoms with Crippen molar-refractivity contribution < 1.29 is 33.1 Å². The minimum absolute atomic E-state index is 0.00158. The topological polar surface area (TPSA) is 114 Å². The molecule has 2 bridgehead atoms. The van der Waals surface area contributed by atoms with Gasteiger partial charge in [-0.3, -0.25) is 19.2 Å². The highest BCUT2D eigenvalue weighted by atomic mass is 79.9. The molecule has 2 heterocycles. The predicted octanol–water partition coefficient (Wildman–Crippen LogP) is 5.82. The van der Waals surface area contributed by atoms with Gasteiger partial charge < -0.3 is 9.15 Å². The maximum atomic E-state index is 13.8. The molecule has 13 heteroatoms. The molecule has 0 N–H and O–H groups in total. The van der Waals surface area contributed by atoms with Crippen LogP contribution in [-0.4, -0.2) is 55.7 Å². The van der Waals surface area contributed by atoms with Gasteiger partial charge in [0.1, 0.15) is 12.3 Å². The van der Waals surface area contributed by atoms with Gasteiger partial charge in [0.2, 0.25) is 5.76 Å². The van der Waals surface area contributed by atoms with E-state index in [9.17, 15) is 24.0 Å². The number of nitrogens with zero attached hydrogens (tertiary/aromatic N) is 2. The van der Waals surface area contributed by atoms with E-state index in [0.717, 1.165) is 10.0 Å². The Kier molecular flexibility index (Phi) is 7.80. The molecule has 2 aliphatic carbocycles. The van der Waals surface area contributed by atoms with Crippen LogP contribution in [-0.2, 0) is 9.59 Å². The molecule has 1 aromatic heterocycles. The van der Waals surface area contributed by atoms with Crippen molar-refractivity contribution in [2.75, 3.05) is 6.54 Å². The number of rotatable bonds is 7. The minimum atomic E-state index is -0.759. The van der Waals surface area contributed by atoms with Crippen molar-refractivity contribution in [1.29, 1.82) is 0 Å². The summed E-state index contributed by atoms with van der Waals surface area (Å²) >= 11 is 19.5. The highest BCUT2D eigenvalue weighted by Gasteiger charge is 2.67. The van der Waals surface area contributed by atoms with Crippen LogP contribution in [0.2, 0.25) is 10.0 Å². The zero-order valence-corrected chi connectivity index (χ0v) is 26.1. The average molecular weight is 739 g/mol. The van der Waals surface area contributed by atoms with E-state index in [-0.39, 0.29) is 54.2 Å². The van der Waals surface area contributed by atoms with Gasteiger partial charge in [0, 0.05) is 20.8 Å². The van der Waals surface area contributed by atoms with E-state index in [4.69, 9.17) is 32.4 Å². The van der Waals surface area contributed by atoms with Crippen molar-refractivity contribution in [2.45, 2.75) is 16.1 Å². The first kappa shape index (κ1) is 29.1. The third-order valence-corrected chi connectivity index (χ3v) is 12.0. The van der Waals surface area contributed by atoms with Crippen LogP contribution in [0.4, 0.5) is 0 Å². The second kappa shape index (κ2) is 11.3. The number of esters is 1. The van der Waals surface area contributed by atoms with E-state index >= 15 is 0 Å². The smallest absolute Gasteiger partial charge is 0.379 e. The van der Waals surface area contributed by atoms with Crippen LogP contribution in [0.15, 0.2) is 65.3 Å². The lowest BCUT2D eigenvalue weighted by Crippen LogP contribution is -2.52. The van der Waals surface area contributed by atoms with Crippen molar-refractivity contribution in [1.82, 2.24) is 10.0 Å². The predicted molar refractivity (Wildman–Crippen MR) is 158 cm³/mol. The molecule has 2 aromatic carbocycles. The number of benzene rings is 2.